The number of hydrogen-bond acceptors (Lipinski definition) is 5. The molecule has 2 aromatic rings. The minimum absolute atomic E-state index is 0.236. The van der Waals surface area contributed by atoms with Crippen LogP contribution >= 0.6 is 11.8 Å². The summed E-state index contributed by atoms with van der Waals surface area (Å²) in [5.74, 6) is -0.0138. The smallest absolute Gasteiger partial charge is 0.276 e. The molecule has 0 saturated heterocycles. The van der Waals surface area contributed by atoms with Gasteiger partial charge in [0.15, 0.2) is 5.69 Å². The van der Waals surface area contributed by atoms with E-state index < -0.39 is 0 Å². The Morgan fingerprint density at radius 2 is 2.00 bits per heavy atom. The van der Waals surface area contributed by atoms with E-state index in [9.17, 15) is 4.79 Å². The lowest BCUT2D eigenvalue weighted by atomic mass is 10.3. The van der Waals surface area contributed by atoms with Gasteiger partial charge in [0.05, 0.1) is 5.69 Å². The number of aromatic nitrogens is 2. The van der Waals surface area contributed by atoms with Crippen LogP contribution in [-0.4, -0.2) is 22.4 Å². The number of benzene rings is 1. The van der Waals surface area contributed by atoms with E-state index in [4.69, 9.17) is 5.73 Å². The first-order valence-corrected chi connectivity index (χ1v) is 6.47. The summed E-state index contributed by atoms with van der Waals surface area (Å²) in [5, 5.41) is 10.2. The summed E-state index contributed by atoms with van der Waals surface area (Å²) in [7, 11) is 0. The number of nitrogens with two attached hydrogens (primary N) is 1. The lowest BCUT2D eigenvalue weighted by Gasteiger charge is -2.08. The summed E-state index contributed by atoms with van der Waals surface area (Å²) in [6.07, 6.45) is 1.95. The van der Waals surface area contributed by atoms with E-state index in [1.807, 2.05) is 30.5 Å². The van der Waals surface area contributed by atoms with Crippen molar-refractivity contribution in [2.75, 3.05) is 17.3 Å². The second-order valence-electron chi connectivity index (χ2n) is 3.50. The molecule has 0 radical (unpaired) electrons. The van der Waals surface area contributed by atoms with Gasteiger partial charge in [-0.2, -0.15) is 0 Å². The first kappa shape index (κ1) is 12.4. The second-order valence-corrected chi connectivity index (χ2v) is 4.35. The summed E-state index contributed by atoms with van der Waals surface area (Å²) in [6, 6.07) is 10.7. The minimum Gasteiger partial charge on any atom is -0.382 e. The average molecular weight is 260 g/mol. The standard InChI is InChI=1S/C12H12N4OS/c1-18-10-5-3-2-4-8(10)14-12(17)9-6-7-11(13)16-15-9/h2-7H,1H3,(H2,13,16)(H,14,17). The molecule has 0 aliphatic rings. The van der Waals surface area contributed by atoms with Crippen LogP contribution < -0.4 is 11.1 Å². The van der Waals surface area contributed by atoms with Crippen molar-refractivity contribution in [2.45, 2.75) is 4.90 Å². The number of nitrogens with zero attached hydrogens (tertiary/aromatic N) is 2. The lowest BCUT2D eigenvalue weighted by Crippen LogP contribution is -2.15. The van der Waals surface area contributed by atoms with Crippen LogP contribution in [-0.2, 0) is 0 Å². The van der Waals surface area contributed by atoms with Gasteiger partial charge in [-0.3, -0.25) is 4.79 Å². The molecular weight excluding hydrogens is 248 g/mol. The van der Waals surface area contributed by atoms with Crippen LogP contribution in [0.4, 0.5) is 11.5 Å². The number of anilines is 2. The average Bonchev–Trinajstić information content (AvgIpc) is 2.40. The maximum Gasteiger partial charge on any atom is 0.276 e. The van der Waals surface area contributed by atoms with Crippen LogP contribution in [0.25, 0.3) is 0 Å². The number of nitrogens with one attached hydrogen (secondary N) is 1. The molecule has 1 amide bonds. The van der Waals surface area contributed by atoms with Crippen molar-refractivity contribution in [1.29, 1.82) is 0 Å². The van der Waals surface area contributed by atoms with Crippen molar-refractivity contribution in [3.05, 3.63) is 42.1 Å². The van der Waals surface area contributed by atoms with E-state index in [-0.39, 0.29) is 17.4 Å². The highest BCUT2D eigenvalue weighted by molar-refractivity contribution is 7.98. The minimum atomic E-state index is -0.302. The summed E-state index contributed by atoms with van der Waals surface area (Å²) < 4.78 is 0. The fourth-order valence-electron chi connectivity index (χ4n) is 1.40. The molecule has 18 heavy (non-hydrogen) atoms. The fourth-order valence-corrected chi connectivity index (χ4v) is 1.95. The Kier molecular flexibility index (Phi) is 3.78. The van der Waals surface area contributed by atoms with Gasteiger partial charge < -0.3 is 11.1 Å². The van der Waals surface area contributed by atoms with E-state index in [0.29, 0.717) is 0 Å². The molecule has 0 spiro atoms. The van der Waals surface area contributed by atoms with E-state index in [0.717, 1.165) is 10.6 Å². The largest absolute Gasteiger partial charge is 0.382 e. The molecule has 0 bridgehead atoms. The number of nitrogen functional groups attached to an aromatic ring is 1. The van der Waals surface area contributed by atoms with Crippen molar-refractivity contribution >= 4 is 29.2 Å². The molecule has 1 aromatic carbocycles. The Balaban J connectivity index is 2.18. The zero-order chi connectivity index (χ0) is 13.0. The van der Waals surface area contributed by atoms with Crippen LogP contribution in [0.5, 0.6) is 0 Å². The summed E-state index contributed by atoms with van der Waals surface area (Å²) in [5.41, 5.74) is 6.41. The molecule has 1 heterocycles. The van der Waals surface area contributed by atoms with Gasteiger partial charge in [0, 0.05) is 4.90 Å². The van der Waals surface area contributed by atoms with E-state index in [1.165, 1.54) is 0 Å². The molecule has 2 rings (SSSR count). The number of hydrogen-bond donors (Lipinski definition) is 2. The van der Waals surface area contributed by atoms with Crippen molar-refractivity contribution < 1.29 is 4.79 Å². The van der Waals surface area contributed by atoms with Crippen molar-refractivity contribution in [2.24, 2.45) is 0 Å². The van der Waals surface area contributed by atoms with Crippen LogP contribution in [0.3, 0.4) is 0 Å². The maximum atomic E-state index is 11.9. The first-order valence-electron chi connectivity index (χ1n) is 5.24. The van der Waals surface area contributed by atoms with Crippen LogP contribution in [0.2, 0.25) is 0 Å². The zero-order valence-electron chi connectivity index (χ0n) is 9.75. The van der Waals surface area contributed by atoms with Crippen molar-refractivity contribution in [1.82, 2.24) is 10.2 Å². The molecule has 0 unspecified atom stereocenters. The normalized spacial score (nSPS) is 10.1. The van der Waals surface area contributed by atoms with Gasteiger partial charge in [-0.15, -0.1) is 22.0 Å². The Labute approximate surface area is 109 Å². The Bertz CT molecular complexity index is 556. The van der Waals surface area contributed by atoms with Crippen molar-refractivity contribution in [3.63, 3.8) is 0 Å². The van der Waals surface area contributed by atoms with Crippen LogP contribution in [0, 0.1) is 0 Å². The first-order chi connectivity index (χ1) is 8.70. The predicted molar refractivity (Wildman–Crippen MR) is 72.6 cm³/mol. The third-order valence-corrected chi connectivity index (χ3v) is 3.07. The van der Waals surface area contributed by atoms with Gasteiger partial charge in [0.2, 0.25) is 0 Å². The number of carbonyl (C=O) groups excluding carboxylic acids is 1. The molecule has 3 N–H and O–H groups in total. The quantitative estimate of drug-likeness (QED) is 0.825. The Morgan fingerprint density at radius 3 is 2.67 bits per heavy atom. The molecule has 0 saturated carbocycles. The van der Waals surface area contributed by atoms with Crippen LogP contribution in [0.1, 0.15) is 10.5 Å². The Morgan fingerprint density at radius 1 is 1.22 bits per heavy atom. The second kappa shape index (κ2) is 5.50. The maximum absolute atomic E-state index is 11.9. The number of thioether (sulfide) groups is 1. The molecule has 0 aliphatic heterocycles. The molecule has 0 aliphatic carbocycles. The van der Waals surface area contributed by atoms with Crippen molar-refractivity contribution in [3.8, 4) is 0 Å². The number of carbonyl (C=O) groups is 1. The van der Waals surface area contributed by atoms with Gasteiger partial charge in [-0.05, 0) is 30.5 Å². The number of amides is 1. The molecule has 0 atom stereocenters. The summed E-state index contributed by atoms with van der Waals surface area (Å²) in [4.78, 5) is 12.9. The highest BCUT2D eigenvalue weighted by Crippen LogP contribution is 2.24. The Hall–Kier alpha value is -2.08. The van der Waals surface area contributed by atoms with E-state index in [2.05, 4.69) is 15.5 Å². The van der Waals surface area contributed by atoms with Gasteiger partial charge in [-0.25, -0.2) is 0 Å². The number of rotatable bonds is 3. The van der Waals surface area contributed by atoms with E-state index >= 15 is 0 Å². The molecule has 92 valence electrons. The van der Waals surface area contributed by atoms with Gasteiger partial charge in [0.1, 0.15) is 5.82 Å². The third-order valence-electron chi connectivity index (χ3n) is 2.27. The van der Waals surface area contributed by atoms with Crippen LogP contribution in [0.15, 0.2) is 41.3 Å². The monoisotopic (exact) mass is 260 g/mol. The van der Waals surface area contributed by atoms with Gasteiger partial charge in [-0.1, -0.05) is 12.1 Å². The van der Waals surface area contributed by atoms with E-state index in [1.54, 1.807) is 23.9 Å². The molecule has 5 nitrogen and oxygen atoms in total. The van der Waals surface area contributed by atoms with Gasteiger partial charge >= 0.3 is 0 Å². The predicted octanol–water partition coefficient (Wildman–Crippen LogP) is 2.03. The molecule has 0 fully saturated rings. The molecule has 6 heteroatoms. The summed E-state index contributed by atoms with van der Waals surface area (Å²) in [6.45, 7) is 0. The zero-order valence-corrected chi connectivity index (χ0v) is 10.6. The number of para-hydroxylation sites is 1. The topological polar surface area (TPSA) is 80.9 Å². The molecular formula is C12H12N4OS. The summed E-state index contributed by atoms with van der Waals surface area (Å²) >= 11 is 1.56. The molecule has 1 aromatic heterocycles. The highest BCUT2D eigenvalue weighted by Gasteiger charge is 2.10. The SMILES string of the molecule is CSc1ccccc1NC(=O)c1ccc(N)nn1. The highest BCUT2D eigenvalue weighted by atomic mass is 32.2. The van der Waals surface area contributed by atoms with Gasteiger partial charge in [0.25, 0.3) is 5.91 Å². The lowest BCUT2D eigenvalue weighted by molar-refractivity contribution is 0.102. The fraction of sp³-hybridized carbons (Fsp3) is 0.0833. The third kappa shape index (κ3) is 2.78.